The van der Waals surface area contributed by atoms with Gasteiger partial charge in [0.15, 0.2) is 0 Å². The standard InChI is InChI=1S/C14H17F3N2O3/c1-22-7-6-13(4-5-13)8-18-12(21)10-3-2-9(11(20)19-10)14(15,16)17/h2-3H,4-8H2,1H3,(H,18,21)(H,19,20). The molecule has 0 aromatic carbocycles. The van der Waals surface area contributed by atoms with Gasteiger partial charge in [0.05, 0.1) is 0 Å². The zero-order valence-electron chi connectivity index (χ0n) is 12.0. The third kappa shape index (κ3) is 3.88. The molecule has 1 heterocycles. The molecule has 0 unspecified atom stereocenters. The number of nitrogens with one attached hydrogen (secondary N) is 2. The number of H-pyrrole nitrogens is 1. The molecular weight excluding hydrogens is 301 g/mol. The Labute approximate surface area is 124 Å². The van der Waals surface area contributed by atoms with Gasteiger partial charge in [-0.05, 0) is 36.8 Å². The van der Waals surface area contributed by atoms with Gasteiger partial charge in [-0.3, -0.25) is 9.59 Å². The van der Waals surface area contributed by atoms with E-state index in [9.17, 15) is 22.8 Å². The highest BCUT2D eigenvalue weighted by Crippen LogP contribution is 2.48. The minimum absolute atomic E-state index is 0.0118. The van der Waals surface area contributed by atoms with E-state index in [-0.39, 0.29) is 11.1 Å². The number of aromatic nitrogens is 1. The molecule has 2 rings (SSSR count). The zero-order valence-corrected chi connectivity index (χ0v) is 12.0. The van der Waals surface area contributed by atoms with E-state index in [2.05, 4.69) is 5.32 Å². The van der Waals surface area contributed by atoms with Gasteiger partial charge in [-0.15, -0.1) is 0 Å². The number of rotatable bonds is 6. The maximum absolute atomic E-state index is 12.5. The highest BCUT2D eigenvalue weighted by atomic mass is 19.4. The topological polar surface area (TPSA) is 71.2 Å². The minimum Gasteiger partial charge on any atom is -0.385 e. The zero-order chi connectivity index (χ0) is 16.4. The van der Waals surface area contributed by atoms with Gasteiger partial charge in [0.25, 0.3) is 11.5 Å². The van der Waals surface area contributed by atoms with Crippen LogP contribution in [0.5, 0.6) is 0 Å². The van der Waals surface area contributed by atoms with Crippen molar-refractivity contribution in [1.29, 1.82) is 0 Å². The SMILES string of the molecule is COCCC1(CNC(=O)c2ccc(C(F)(F)F)c(=O)[nH]2)CC1. The molecule has 1 amide bonds. The number of hydrogen-bond donors (Lipinski definition) is 2. The lowest BCUT2D eigenvalue weighted by atomic mass is 10.0. The van der Waals surface area contributed by atoms with Crippen LogP contribution in [0.15, 0.2) is 16.9 Å². The molecule has 1 aromatic rings. The molecule has 0 atom stereocenters. The first kappa shape index (κ1) is 16.5. The van der Waals surface area contributed by atoms with Crippen molar-refractivity contribution in [2.24, 2.45) is 5.41 Å². The Morgan fingerprint density at radius 1 is 1.41 bits per heavy atom. The van der Waals surface area contributed by atoms with E-state index in [4.69, 9.17) is 4.74 Å². The van der Waals surface area contributed by atoms with Crippen molar-refractivity contribution in [1.82, 2.24) is 10.3 Å². The van der Waals surface area contributed by atoms with Crippen molar-refractivity contribution >= 4 is 5.91 Å². The van der Waals surface area contributed by atoms with E-state index in [0.717, 1.165) is 25.3 Å². The average molecular weight is 318 g/mol. The first-order valence-corrected chi connectivity index (χ1v) is 6.85. The number of carbonyl (C=O) groups excluding carboxylic acids is 1. The molecule has 1 aromatic heterocycles. The predicted molar refractivity (Wildman–Crippen MR) is 72.6 cm³/mol. The molecule has 5 nitrogen and oxygen atoms in total. The van der Waals surface area contributed by atoms with E-state index in [1.807, 2.05) is 4.98 Å². The molecule has 1 saturated carbocycles. The van der Waals surface area contributed by atoms with Gasteiger partial charge in [-0.2, -0.15) is 13.2 Å². The van der Waals surface area contributed by atoms with Crippen LogP contribution < -0.4 is 10.9 Å². The summed E-state index contributed by atoms with van der Waals surface area (Å²) in [5, 5.41) is 2.65. The molecule has 1 aliphatic carbocycles. The summed E-state index contributed by atoms with van der Waals surface area (Å²) in [6, 6.07) is 1.58. The van der Waals surface area contributed by atoms with Crippen LogP contribution in [-0.4, -0.2) is 31.2 Å². The second-order valence-corrected chi connectivity index (χ2v) is 5.54. The minimum atomic E-state index is -4.74. The number of carbonyl (C=O) groups is 1. The van der Waals surface area contributed by atoms with Crippen molar-refractivity contribution in [2.75, 3.05) is 20.3 Å². The Morgan fingerprint density at radius 2 is 2.09 bits per heavy atom. The summed E-state index contributed by atoms with van der Waals surface area (Å²) < 4.78 is 42.4. The third-order valence-corrected chi connectivity index (χ3v) is 3.88. The summed E-state index contributed by atoms with van der Waals surface area (Å²) >= 11 is 0. The number of pyridine rings is 1. The van der Waals surface area contributed by atoms with Crippen molar-refractivity contribution in [3.8, 4) is 0 Å². The summed E-state index contributed by atoms with van der Waals surface area (Å²) in [7, 11) is 1.60. The summed E-state index contributed by atoms with van der Waals surface area (Å²) in [5.74, 6) is -0.588. The van der Waals surface area contributed by atoms with Crippen LogP contribution in [0.3, 0.4) is 0 Å². The van der Waals surface area contributed by atoms with Crippen LogP contribution in [-0.2, 0) is 10.9 Å². The number of alkyl halides is 3. The van der Waals surface area contributed by atoms with Crippen LogP contribution >= 0.6 is 0 Å². The van der Waals surface area contributed by atoms with Crippen molar-refractivity contribution in [2.45, 2.75) is 25.4 Å². The number of ether oxygens (including phenoxy) is 1. The van der Waals surface area contributed by atoms with Crippen LogP contribution in [0.25, 0.3) is 0 Å². The van der Waals surface area contributed by atoms with Gasteiger partial charge in [-0.25, -0.2) is 0 Å². The second kappa shape index (κ2) is 6.12. The molecule has 2 N–H and O–H groups in total. The molecule has 0 bridgehead atoms. The summed E-state index contributed by atoms with van der Waals surface area (Å²) in [6.07, 6.45) is -1.98. The largest absolute Gasteiger partial charge is 0.421 e. The molecule has 1 fully saturated rings. The van der Waals surface area contributed by atoms with Crippen LogP contribution in [0.1, 0.15) is 35.3 Å². The van der Waals surface area contributed by atoms with Crippen molar-refractivity contribution in [3.63, 3.8) is 0 Å². The van der Waals surface area contributed by atoms with Gasteiger partial charge in [0.1, 0.15) is 11.3 Å². The van der Waals surface area contributed by atoms with E-state index < -0.39 is 23.2 Å². The number of aromatic amines is 1. The van der Waals surface area contributed by atoms with E-state index in [1.165, 1.54) is 0 Å². The Hall–Kier alpha value is -1.83. The first-order chi connectivity index (χ1) is 10.3. The molecule has 22 heavy (non-hydrogen) atoms. The Morgan fingerprint density at radius 3 is 2.59 bits per heavy atom. The average Bonchev–Trinajstić information content (AvgIpc) is 3.21. The summed E-state index contributed by atoms with van der Waals surface area (Å²) in [5.41, 5.74) is -2.80. The second-order valence-electron chi connectivity index (χ2n) is 5.54. The van der Waals surface area contributed by atoms with Crippen LogP contribution in [0.4, 0.5) is 13.2 Å². The number of hydrogen-bond acceptors (Lipinski definition) is 3. The molecule has 0 aliphatic heterocycles. The van der Waals surface area contributed by atoms with E-state index in [1.54, 1.807) is 7.11 Å². The lowest BCUT2D eigenvalue weighted by Crippen LogP contribution is -2.33. The molecule has 8 heteroatoms. The molecule has 0 saturated heterocycles. The van der Waals surface area contributed by atoms with Gasteiger partial charge in [0, 0.05) is 20.3 Å². The highest BCUT2D eigenvalue weighted by Gasteiger charge is 2.42. The van der Waals surface area contributed by atoms with Gasteiger partial charge < -0.3 is 15.0 Å². The molecule has 0 spiro atoms. The smallest absolute Gasteiger partial charge is 0.385 e. The van der Waals surface area contributed by atoms with Crippen LogP contribution in [0, 0.1) is 5.41 Å². The fourth-order valence-electron chi connectivity index (χ4n) is 2.20. The van der Waals surface area contributed by atoms with E-state index >= 15 is 0 Å². The van der Waals surface area contributed by atoms with E-state index in [0.29, 0.717) is 19.2 Å². The maximum Gasteiger partial charge on any atom is 0.421 e. The highest BCUT2D eigenvalue weighted by molar-refractivity contribution is 5.92. The van der Waals surface area contributed by atoms with Gasteiger partial charge in [0.2, 0.25) is 0 Å². The maximum atomic E-state index is 12.5. The lowest BCUT2D eigenvalue weighted by molar-refractivity contribution is -0.138. The number of methoxy groups -OCH3 is 1. The quantitative estimate of drug-likeness (QED) is 0.842. The fraction of sp³-hybridized carbons (Fsp3) is 0.571. The predicted octanol–water partition coefficient (Wildman–Crippen LogP) is 1.94. The first-order valence-electron chi connectivity index (χ1n) is 6.85. The van der Waals surface area contributed by atoms with Crippen molar-refractivity contribution < 1.29 is 22.7 Å². The molecule has 1 aliphatic rings. The van der Waals surface area contributed by atoms with Gasteiger partial charge in [-0.1, -0.05) is 0 Å². The Kier molecular flexibility index (Phi) is 4.60. The lowest BCUT2D eigenvalue weighted by Gasteiger charge is -2.15. The van der Waals surface area contributed by atoms with Crippen molar-refractivity contribution in [3.05, 3.63) is 33.7 Å². The normalized spacial score (nSPS) is 16.4. The third-order valence-electron chi connectivity index (χ3n) is 3.88. The molecule has 122 valence electrons. The fourth-order valence-corrected chi connectivity index (χ4v) is 2.20. The Balaban J connectivity index is 1.99. The summed E-state index contributed by atoms with van der Waals surface area (Å²) in [4.78, 5) is 25.3. The number of amides is 1. The van der Waals surface area contributed by atoms with Gasteiger partial charge >= 0.3 is 6.18 Å². The van der Waals surface area contributed by atoms with Crippen LogP contribution in [0.2, 0.25) is 0 Å². The number of halogens is 3. The monoisotopic (exact) mass is 318 g/mol. The molecular formula is C14H17F3N2O3. The molecule has 0 radical (unpaired) electrons. The summed E-state index contributed by atoms with van der Waals surface area (Å²) in [6.45, 7) is 1.01. The Bertz CT molecular complexity index is 606.